The number of aliphatic hydroxyl groups is 1. The summed E-state index contributed by atoms with van der Waals surface area (Å²) >= 11 is 0. The van der Waals surface area contributed by atoms with Crippen LogP contribution in [-0.4, -0.2) is 53.5 Å². The van der Waals surface area contributed by atoms with E-state index in [1.807, 2.05) is 0 Å². The first kappa shape index (κ1) is 11.4. The van der Waals surface area contributed by atoms with Gasteiger partial charge < -0.3 is 15.5 Å². The Hall–Kier alpha value is -0.650. The number of carboxylic acids is 1. The Morgan fingerprint density at radius 2 is 2.29 bits per heavy atom. The first-order valence-electron chi connectivity index (χ1n) is 4.91. The smallest absolute Gasteiger partial charge is 0.326 e. The van der Waals surface area contributed by atoms with Crippen LogP contribution in [-0.2, 0) is 4.79 Å². The Labute approximate surface area is 83.7 Å². The summed E-state index contributed by atoms with van der Waals surface area (Å²) in [6.45, 7) is 0.921. The molecule has 0 amide bonds. The van der Waals surface area contributed by atoms with Crippen molar-refractivity contribution >= 4 is 5.97 Å². The summed E-state index contributed by atoms with van der Waals surface area (Å²) in [7, 11) is 1.78. The Balaban J connectivity index is 2.81. The predicted octanol–water partition coefficient (Wildman–Crippen LogP) is -0.535. The van der Waals surface area contributed by atoms with E-state index in [0.717, 1.165) is 19.4 Å². The SMILES string of the molecule is CNCN1CCCCC1(CO)C(=O)O. The van der Waals surface area contributed by atoms with Gasteiger partial charge >= 0.3 is 5.97 Å². The third-order valence-corrected chi connectivity index (χ3v) is 2.88. The van der Waals surface area contributed by atoms with Crippen LogP contribution < -0.4 is 5.32 Å². The standard InChI is InChI=1S/C9H18N2O3/c1-10-7-11-5-3-2-4-9(11,6-12)8(13)14/h10,12H,2-7H2,1H3,(H,13,14). The van der Waals surface area contributed by atoms with Crippen LogP contribution in [0, 0.1) is 0 Å². The second-order valence-electron chi connectivity index (χ2n) is 3.73. The van der Waals surface area contributed by atoms with E-state index in [-0.39, 0.29) is 6.61 Å². The molecule has 0 aromatic heterocycles. The maximum atomic E-state index is 11.2. The van der Waals surface area contributed by atoms with Crippen LogP contribution in [0.5, 0.6) is 0 Å². The lowest BCUT2D eigenvalue weighted by Gasteiger charge is -2.42. The van der Waals surface area contributed by atoms with E-state index < -0.39 is 11.5 Å². The van der Waals surface area contributed by atoms with Gasteiger partial charge in [-0.2, -0.15) is 0 Å². The first-order chi connectivity index (χ1) is 6.67. The minimum absolute atomic E-state index is 0.315. The van der Waals surface area contributed by atoms with Gasteiger partial charge in [-0.25, -0.2) is 0 Å². The monoisotopic (exact) mass is 202 g/mol. The highest BCUT2D eigenvalue weighted by Crippen LogP contribution is 2.27. The molecule has 0 spiro atoms. The summed E-state index contributed by atoms with van der Waals surface area (Å²) in [6.07, 6.45) is 2.39. The number of aliphatic hydroxyl groups excluding tert-OH is 1. The molecule has 82 valence electrons. The van der Waals surface area contributed by atoms with Gasteiger partial charge in [0.05, 0.1) is 6.61 Å². The van der Waals surface area contributed by atoms with Gasteiger partial charge in [0.1, 0.15) is 5.54 Å². The molecule has 1 aliphatic heterocycles. The van der Waals surface area contributed by atoms with Crippen LogP contribution in [0.1, 0.15) is 19.3 Å². The van der Waals surface area contributed by atoms with Gasteiger partial charge in [-0.3, -0.25) is 9.69 Å². The fourth-order valence-corrected chi connectivity index (χ4v) is 2.00. The van der Waals surface area contributed by atoms with Gasteiger partial charge in [0.15, 0.2) is 0 Å². The lowest BCUT2D eigenvalue weighted by molar-refractivity contribution is -0.158. The highest BCUT2D eigenvalue weighted by atomic mass is 16.4. The predicted molar refractivity (Wildman–Crippen MR) is 51.9 cm³/mol. The average Bonchev–Trinajstić information content (AvgIpc) is 2.19. The van der Waals surface area contributed by atoms with Crippen LogP contribution >= 0.6 is 0 Å². The molecule has 1 atom stereocenters. The van der Waals surface area contributed by atoms with Crippen molar-refractivity contribution in [1.29, 1.82) is 0 Å². The van der Waals surface area contributed by atoms with Gasteiger partial charge in [-0.15, -0.1) is 0 Å². The lowest BCUT2D eigenvalue weighted by atomic mass is 9.87. The van der Waals surface area contributed by atoms with Gasteiger partial charge in [0, 0.05) is 13.2 Å². The molecule has 0 aromatic rings. The Morgan fingerprint density at radius 3 is 2.79 bits per heavy atom. The van der Waals surface area contributed by atoms with Crippen LogP contribution in [0.15, 0.2) is 0 Å². The highest BCUT2D eigenvalue weighted by Gasteiger charge is 2.44. The molecule has 0 aliphatic carbocycles. The fourth-order valence-electron chi connectivity index (χ4n) is 2.00. The number of carboxylic acid groups (broad SMARTS) is 1. The Kier molecular flexibility index (Phi) is 3.86. The van der Waals surface area contributed by atoms with Crippen LogP contribution in [0.25, 0.3) is 0 Å². The molecule has 1 fully saturated rings. The summed E-state index contributed by atoms with van der Waals surface area (Å²) in [6, 6.07) is 0. The van der Waals surface area contributed by atoms with Crippen molar-refractivity contribution in [2.75, 3.05) is 26.9 Å². The summed E-state index contributed by atoms with van der Waals surface area (Å²) in [5.41, 5.74) is -1.07. The van der Waals surface area contributed by atoms with Crippen molar-refractivity contribution < 1.29 is 15.0 Å². The molecule has 1 heterocycles. The van der Waals surface area contributed by atoms with Crippen molar-refractivity contribution in [3.63, 3.8) is 0 Å². The highest BCUT2D eigenvalue weighted by molar-refractivity contribution is 5.79. The van der Waals surface area contributed by atoms with Crippen molar-refractivity contribution in [3.8, 4) is 0 Å². The normalized spacial score (nSPS) is 29.0. The second-order valence-corrected chi connectivity index (χ2v) is 3.73. The van der Waals surface area contributed by atoms with Gasteiger partial charge in [-0.05, 0) is 26.3 Å². The van der Waals surface area contributed by atoms with Gasteiger partial charge in [-0.1, -0.05) is 0 Å². The van der Waals surface area contributed by atoms with Crippen molar-refractivity contribution in [1.82, 2.24) is 10.2 Å². The fraction of sp³-hybridized carbons (Fsp3) is 0.889. The zero-order chi connectivity index (χ0) is 10.6. The van der Waals surface area contributed by atoms with Crippen molar-refractivity contribution in [2.45, 2.75) is 24.8 Å². The topological polar surface area (TPSA) is 72.8 Å². The van der Waals surface area contributed by atoms with Crippen molar-refractivity contribution in [3.05, 3.63) is 0 Å². The quantitative estimate of drug-likeness (QED) is 0.571. The molecule has 14 heavy (non-hydrogen) atoms. The van der Waals surface area contributed by atoms with Crippen LogP contribution in [0.4, 0.5) is 0 Å². The molecule has 3 N–H and O–H groups in total. The molecule has 0 bridgehead atoms. The van der Waals surface area contributed by atoms with Gasteiger partial charge in [0.2, 0.25) is 0 Å². The molecule has 1 unspecified atom stereocenters. The van der Waals surface area contributed by atoms with Crippen LogP contribution in [0.2, 0.25) is 0 Å². The molecule has 5 nitrogen and oxygen atoms in total. The number of carbonyl (C=O) groups is 1. The number of nitrogens with one attached hydrogen (secondary N) is 1. The first-order valence-corrected chi connectivity index (χ1v) is 4.91. The third kappa shape index (κ3) is 1.89. The second kappa shape index (κ2) is 4.72. The van der Waals surface area contributed by atoms with Gasteiger partial charge in [0.25, 0.3) is 0 Å². The zero-order valence-corrected chi connectivity index (χ0v) is 8.49. The minimum atomic E-state index is -1.07. The lowest BCUT2D eigenvalue weighted by Crippen LogP contribution is -2.61. The molecule has 0 aromatic carbocycles. The maximum absolute atomic E-state index is 11.2. The van der Waals surface area contributed by atoms with E-state index in [4.69, 9.17) is 5.11 Å². The Bertz CT molecular complexity index is 208. The third-order valence-electron chi connectivity index (χ3n) is 2.88. The number of hydrogen-bond donors (Lipinski definition) is 3. The maximum Gasteiger partial charge on any atom is 0.326 e. The number of hydrogen-bond acceptors (Lipinski definition) is 4. The van der Waals surface area contributed by atoms with Crippen LogP contribution in [0.3, 0.4) is 0 Å². The van der Waals surface area contributed by atoms with E-state index >= 15 is 0 Å². The molecule has 1 rings (SSSR count). The summed E-state index contributed by atoms with van der Waals surface area (Å²) < 4.78 is 0. The molecular weight excluding hydrogens is 184 g/mol. The number of rotatable bonds is 4. The minimum Gasteiger partial charge on any atom is -0.480 e. The molecule has 0 radical (unpaired) electrons. The average molecular weight is 202 g/mol. The molecule has 1 aliphatic rings. The largest absolute Gasteiger partial charge is 0.480 e. The zero-order valence-electron chi connectivity index (χ0n) is 8.49. The molecule has 1 saturated heterocycles. The molecular formula is C9H18N2O3. The summed E-state index contributed by atoms with van der Waals surface area (Å²) in [5, 5.41) is 21.3. The number of aliphatic carboxylic acids is 1. The van der Waals surface area contributed by atoms with E-state index in [1.165, 1.54) is 0 Å². The van der Waals surface area contributed by atoms with Crippen molar-refractivity contribution in [2.24, 2.45) is 0 Å². The number of nitrogens with zero attached hydrogens (tertiary/aromatic N) is 1. The van der Waals surface area contributed by atoms with E-state index in [1.54, 1.807) is 11.9 Å². The number of likely N-dealkylation sites (tertiary alicyclic amines) is 1. The summed E-state index contributed by atoms with van der Waals surface area (Å²) in [5.74, 6) is -0.921. The summed E-state index contributed by atoms with van der Waals surface area (Å²) in [4.78, 5) is 13.0. The molecule has 0 saturated carbocycles. The van der Waals surface area contributed by atoms with E-state index in [0.29, 0.717) is 13.1 Å². The molecule has 5 heteroatoms. The Morgan fingerprint density at radius 1 is 1.57 bits per heavy atom. The van der Waals surface area contributed by atoms with E-state index in [9.17, 15) is 9.90 Å². The number of piperidine rings is 1. The van der Waals surface area contributed by atoms with E-state index in [2.05, 4.69) is 5.32 Å².